The molecule has 4 heteroatoms. The topological polar surface area (TPSA) is 37.0 Å². The molecule has 1 aliphatic heterocycles. The Kier molecular flexibility index (Phi) is 3.50. The summed E-state index contributed by atoms with van der Waals surface area (Å²) in [4.78, 5) is 4.39. The predicted molar refractivity (Wildman–Crippen MR) is 60.2 cm³/mol. The van der Waals surface area contributed by atoms with E-state index in [1.165, 1.54) is 6.42 Å². The summed E-state index contributed by atoms with van der Waals surface area (Å²) >= 11 is 3.39. The van der Waals surface area contributed by atoms with E-state index < -0.39 is 0 Å². The monoisotopic (exact) mass is 255 g/mol. The Morgan fingerprint density at radius 1 is 1.36 bits per heavy atom. The van der Waals surface area contributed by atoms with Gasteiger partial charge in [0.25, 0.3) is 0 Å². The van der Waals surface area contributed by atoms with Gasteiger partial charge < -0.3 is 10.6 Å². The Balaban J connectivity index is 2.08. The van der Waals surface area contributed by atoms with Crippen LogP contribution in [0.5, 0.6) is 0 Å². The zero-order valence-electron chi connectivity index (χ0n) is 7.96. The molecule has 1 saturated heterocycles. The Bertz CT molecular complexity index is 278. The molecule has 0 bridgehead atoms. The van der Waals surface area contributed by atoms with Gasteiger partial charge in [-0.15, -0.1) is 0 Å². The summed E-state index contributed by atoms with van der Waals surface area (Å²) in [6.45, 7) is 3.13. The van der Waals surface area contributed by atoms with E-state index in [0.29, 0.717) is 6.04 Å². The third-order valence-electron chi connectivity index (χ3n) is 2.38. The summed E-state index contributed by atoms with van der Waals surface area (Å²) in [6, 6.07) is 4.45. The lowest BCUT2D eigenvalue weighted by atomic mass is 10.2. The summed E-state index contributed by atoms with van der Waals surface area (Å²) < 4.78 is 1.03. The second-order valence-corrected chi connectivity index (χ2v) is 4.38. The molecule has 0 aliphatic carbocycles. The van der Waals surface area contributed by atoms with Gasteiger partial charge >= 0.3 is 0 Å². The SMILES string of the molecule is Brc1ccc(C2CNCCCN2)nc1. The van der Waals surface area contributed by atoms with Gasteiger partial charge in [-0.1, -0.05) is 0 Å². The quantitative estimate of drug-likeness (QED) is 0.799. The summed E-state index contributed by atoms with van der Waals surface area (Å²) in [5.74, 6) is 0. The van der Waals surface area contributed by atoms with Crippen LogP contribution < -0.4 is 10.6 Å². The predicted octanol–water partition coefficient (Wildman–Crippen LogP) is 1.47. The molecule has 0 radical (unpaired) electrons. The van der Waals surface area contributed by atoms with E-state index in [4.69, 9.17) is 0 Å². The van der Waals surface area contributed by atoms with Crippen molar-refractivity contribution in [1.29, 1.82) is 0 Å². The Hall–Kier alpha value is -0.450. The summed E-state index contributed by atoms with van der Waals surface area (Å²) in [5.41, 5.74) is 1.11. The van der Waals surface area contributed by atoms with Crippen LogP contribution in [0.4, 0.5) is 0 Å². The van der Waals surface area contributed by atoms with Gasteiger partial charge in [-0.3, -0.25) is 4.98 Å². The maximum absolute atomic E-state index is 4.39. The number of nitrogens with zero attached hydrogens (tertiary/aromatic N) is 1. The Morgan fingerprint density at radius 3 is 3.07 bits per heavy atom. The lowest BCUT2D eigenvalue weighted by molar-refractivity contribution is 0.540. The first kappa shape index (κ1) is 10.1. The van der Waals surface area contributed by atoms with Crippen LogP contribution in [-0.4, -0.2) is 24.6 Å². The molecular formula is C10H14BrN3. The van der Waals surface area contributed by atoms with Crippen molar-refractivity contribution in [2.75, 3.05) is 19.6 Å². The number of rotatable bonds is 1. The molecule has 1 aromatic heterocycles. The van der Waals surface area contributed by atoms with Gasteiger partial charge in [0.05, 0.1) is 11.7 Å². The van der Waals surface area contributed by atoms with Crippen molar-refractivity contribution in [2.24, 2.45) is 0 Å². The molecule has 2 N–H and O–H groups in total. The molecule has 0 spiro atoms. The standard InChI is InChI=1S/C10H14BrN3/c11-8-2-3-9(14-6-8)10-7-12-4-1-5-13-10/h2-3,6,10,12-13H,1,4-5,7H2. The Labute approximate surface area is 92.4 Å². The van der Waals surface area contributed by atoms with Gasteiger partial charge in [-0.2, -0.15) is 0 Å². The van der Waals surface area contributed by atoms with Crippen LogP contribution >= 0.6 is 15.9 Å². The molecule has 0 amide bonds. The molecule has 2 heterocycles. The number of aromatic nitrogens is 1. The number of nitrogens with one attached hydrogen (secondary N) is 2. The van der Waals surface area contributed by atoms with Crippen molar-refractivity contribution in [2.45, 2.75) is 12.5 Å². The molecule has 76 valence electrons. The molecule has 1 aliphatic rings. The van der Waals surface area contributed by atoms with Crippen LogP contribution in [-0.2, 0) is 0 Å². The first-order valence-electron chi connectivity index (χ1n) is 4.92. The van der Waals surface area contributed by atoms with Crippen LogP contribution in [0.25, 0.3) is 0 Å². The maximum atomic E-state index is 4.39. The van der Waals surface area contributed by atoms with Crippen molar-refractivity contribution >= 4 is 15.9 Å². The van der Waals surface area contributed by atoms with E-state index in [9.17, 15) is 0 Å². The van der Waals surface area contributed by atoms with Gasteiger partial charge in [0, 0.05) is 17.2 Å². The third kappa shape index (κ3) is 2.53. The molecule has 2 rings (SSSR count). The molecule has 0 aromatic carbocycles. The number of halogens is 1. The van der Waals surface area contributed by atoms with Crippen molar-refractivity contribution in [3.63, 3.8) is 0 Å². The fourth-order valence-electron chi connectivity index (χ4n) is 1.61. The second kappa shape index (κ2) is 4.87. The highest BCUT2D eigenvalue weighted by Crippen LogP contribution is 2.14. The molecule has 0 saturated carbocycles. The Morgan fingerprint density at radius 2 is 2.29 bits per heavy atom. The number of hydrogen-bond donors (Lipinski definition) is 2. The van der Waals surface area contributed by atoms with Crippen LogP contribution in [0.3, 0.4) is 0 Å². The third-order valence-corrected chi connectivity index (χ3v) is 2.85. The van der Waals surface area contributed by atoms with Crippen LogP contribution in [0.15, 0.2) is 22.8 Å². The van der Waals surface area contributed by atoms with E-state index in [2.05, 4.69) is 37.6 Å². The van der Waals surface area contributed by atoms with Crippen molar-refractivity contribution < 1.29 is 0 Å². The van der Waals surface area contributed by atoms with Gasteiger partial charge in [-0.25, -0.2) is 0 Å². The van der Waals surface area contributed by atoms with E-state index in [1.54, 1.807) is 0 Å². The smallest absolute Gasteiger partial charge is 0.0621 e. The average Bonchev–Trinajstić information content (AvgIpc) is 2.47. The van der Waals surface area contributed by atoms with Crippen LogP contribution in [0, 0.1) is 0 Å². The molecular weight excluding hydrogens is 242 g/mol. The normalized spacial score (nSPS) is 23.1. The molecule has 1 fully saturated rings. The number of pyridine rings is 1. The lowest BCUT2D eigenvalue weighted by Gasteiger charge is -2.14. The zero-order chi connectivity index (χ0) is 9.80. The van der Waals surface area contributed by atoms with E-state index in [1.807, 2.05) is 12.3 Å². The molecule has 3 nitrogen and oxygen atoms in total. The molecule has 14 heavy (non-hydrogen) atoms. The molecule has 1 unspecified atom stereocenters. The largest absolute Gasteiger partial charge is 0.315 e. The maximum Gasteiger partial charge on any atom is 0.0621 e. The first-order chi connectivity index (χ1) is 6.86. The van der Waals surface area contributed by atoms with Crippen molar-refractivity contribution in [1.82, 2.24) is 15.6 Å². The van der Waals surface area contributed by atoms with Gasteiger partial charge in [-0.05, 0) is 47.6 Å². The van der Waals surface area contributed by atoms with E-state index in [-0.39, 0.29) is 0 Å². The van der Waals surface area contributed by atoms with Crippen LogP contribution in [0.1, 0.15) is 18.2 Å². The number of hydrogen-bond acceptors (Lipinski definition) is 3. The molecule has 1 aromatic rings. The highest BCUT2D eigenvalue weighted by atomic mass is 79.9. The van der Waals surface area contributed by atoms with Gasteiger partial charge in [0.2, 0.25) is 0 Å². The van der Waals surface area contributed by atoms with E-state index >= 15 is 0 Å². The summed E-state index contributed by atoms with van der Waals surface area (Å²) in [7, 11) is 0. The minimum atomic E-state index is 0.352. The van der Waals surface area contributed by atoms with Crippen molar-refractivity contribution in [3.8, 4) is 0 Å². The molecule has 1 atom stereocenters. The second-order valence-electron chi connectivity index (χ2n) is 3.47. The van der Waals surface area contributed by atoms with Crippen LogP contribution in [0.2, 0.25) is 0 Å². The lowest BCUT2D eigenvalue weighted by Crippen LogP contribution is -2.27. The zero-order valence-corrected chi connectivity index (χ0v) is 9.55. The fraction of sp³-hybridized carbons (Fsp3) is 0.500. The highest BCUT2D eigenvalue weighted by Gasteiger charge is 2.13. The minimum Gasteiger partial charge on any atom is -0.315 e. The fourth-order valence-corrected chi connectivity index (χ4v) is 1.85. The van der Waals surface area contributed by atoms with E-state index in [0.717, 1.165) is 29.8 Å². The van der Waals surface area contributed by atoms with Crippen molar-refractivity contribution in [3.05, 3.63) is 28.5 Å². The average molecular weight is 256 g/mol. The summed E-state index contributed by atoms with van der Waals surface area (Å²) in [5, 5.41) is 6.87. The minimum absolute atomic E-state index is 0.352. The highest BCUT2D eigenvalue weighted by molar-refractivity contribution is 9.10. The van der Waals surface area contributed by atoms with Gasteiger partial charge in [0.15, 0.2) is 0 Å². The first-order valence-corrected chi connectivity index (χ1v) is 5.71. The summed E-state index contributed by atoms with van der Waals surface area (Å²) in [6.07, 6.45) is 3.04. The van der Waals surface area contributed by atoms with Gasteiger partial charge in [0.1, 0.15) is 0 Å².